The Morgan fingerprint density at radius 1 is 0.975 bits per heavy atom. The smallest absolute Gasteiger partial charge is 0.322 e. The van der Waals surface area contributed by atoms with E-state index in [0.29, 0.717) is 6.54 Å². The van der Waals surface area contributed by atoms with Crippen LogP contribution in [0.15, 0.2) is 102 Å². The summed E-state index contributed by atoms with van der Waals surface area (Å²) in [4.78, 5) is 19.3. The van der Waals surface area contributed by atoms with Crippen molar-refractivity contribution in [2.45, 2.75) is 24.4 Å². The van der Waals surface area contributed by atoms with Crippen molar-refractivity contribution in [3.63, 3.8) is 0 Å². The maximum atomic E-state index is 14.2. The van der Waals surface area contributed by atoms with E-state index in [1.807, 2.05) is 85.4 Å². The minimum atomic E-state index is -0.314. The van der Waals surface area contributed by atoms with Gasteiger partial charge in [-0.15, -0.1) is 11.8 Å². The van der Waals surface area contributed by atoms with Crippen molar-refractivity contribution in [2.75, 3.05) is 30.6 Å². The van der Waals surface area contributed by atoms with Gasteiger partial charge in [-0.2, -0.15) is 5.10 Å². The van der Waals surface area contributed by atoms with Crippen LogP contribution in [0.25, 0.3) is 11.5 Å². The third kappa shape index (κ3) is 4.64. The van der Waals surface area contributed by atoms with Crippen LogP contribution in [-0.2, 0) is 6.54 Å². The number of amides is 2. The molecule has 202 valence electrons. The van der Waals surface area contributed by atoms with Gasteiger partial charge < -0.3 is 19.7 Å². The van der Waals surface area contributed by atoms with Crippen molar-refractivity contribution in [2.24, 2.45) is 0 Å². The maximum absolute atomic E-state index is 14.2. The number of carbonyl (C=O) groups excluding carboxylic acids is 1. The van der Waals surface area contributed by atoms with Gasteiger partial charge in [0.1, 0.15) is 5.82 Å². The molecule has 5 aromatic rings. The fourth-order valence-electron chi connectivity index (χ4n) is 5.35. The van der Waals surface area contributed by atoms with Crippen molar-refractivity contribution < 1.29 is 4.79 Å². The number of rotatable bonds is 5. The number of carbonyl (C=O) groups is 1. The Morgan fingerprint density at radius 3 is 2.48 bits per heavy atom. The largest absolute Gasteiger partial charge is 0.378 e. The van der Waals surface area contributed by atoms with E-state index in [1.165, 1.54) is 0 Å². The van der Waals surface area contributed by atoms with Crippen molar-refractivity contribution in [3.8, 4) is 11.5 Å². The summed E-state index contributed by atoms with van der Waals surface area (Å²) in [6.45, 7) is 2.43. The van der Waals surface area contributed by atoms with Crippen molar-refractivity contribution >= 4 is 29.2 Å². The zero-order chi connectivity index (χ0) is 27.8. The molecule has 0 radical (unpaired) electrons. The summed E-state index contributed by atoms with van der Waals surface area (Å²) in [5.41, 5.74) is 6.81. The van der Waals surface area contributed by atoms with Gasteiger partial charge in [-0.05, 0) is 73.3 Å². The number of hydrogen-bond acceptors (Lipinski definition) is 4. The number of hydrogen-bond donors (Lipinski definition) is 1. The number of para-hydroxylation sites is 1. The summed E-state index contributed by atoms with van der Waals surface area (Å²) in [6, 6.07) is 30.2. The van der Waals surface area contributed by atoms with Gasteiger partial charge in [0.25, 0.3) is 0 Å². The first kappa shape index (κ1) is 25.8. The molecule has 1 aliphatic rings. The van der Waals surface area contributed by atoms with E-state index in [0.717, 1.165) is 50.3 Å². The molecular formula is C32H32N6OS. The lowest BCUT2D eigenvalue weighted by atomic mass is 10.0. The molecular weight excluding hydrogens is 516 g/mol. The monoisotopic (exact) mass is 548 g/mol. The van der Waals surface area contributed by atoms with Crippen LogP contribution >= 0.6 is 11.8 Å². The molecule has 3 heterocycles. The minimum absolute atomic E-state index is 0.160. The van der Waals surface area contributed by atoms with E-state index in [1.54, 1.807) is 11.8 Å². The molecule has 1 atom stereocenters. The number of nitrogens with one attached hydrogen (secondary N) is 1. The Balaban J connectivity index is 1.51. The Hall–Kier alpha value is -4.43. The zero-order valence-corrected chi connectivity index (χ0v) is 23.9. The summed E-state index contributed by atoms with van der Waals surface area (Å²) in [5, 5.41) is 8.13. The highest BCUT2D eigenvalue weighted by Gasteiger charge is 2.36. The van der Waals surface area contributed by atoms with Gasteiger partial charge >= 0.3 is 6.03 Å². The summed E-state index contributed by atoms with van der Waals surface area (Å²) in [7, 11) is 4.06. The molecule has 1 aliphatic heterocycles. The summed E-state index contributed by atoms with van der Waals surface area (Å²) >= 11 is 1.65. The Bertz CT molecular complexity index is 1650. The summed E-state index contributed by atoms with van der Waals surface area (Å²) in [5.74, 6) is 0.957. The van der Waals surface area contributed by atoms with Gasteiger partial charge in [-0.25, -0.2) is 9.48 Å². The van der Waals surface area contributed by atoms with Crippen LogP contribution in [0.3, 0.4) is 0 Å². The second kappa shape index (κ2) is 10.6. The average molecular weight is 549 g/mol. The van der Waals surface area contributed by atoms with Crippen LogP contribution in [0.1, 0.15) is 28.6 Å². The lowest BCUT2D eigenvalue weighted by Gasteiger charge is -2.31. The number of urea groups is 1. The highest BCUT2D eigenvalue weighted by molar-refractivity contribution is 7.98. The Morgan fingerprint density at radius 2 is 1.75 bits per heavy atom. The minimum Gasteiger partial charge on any atom is -0.378 e. The fraction of sp³-hybridized carbons (Fsp3) is 0.188. The average Bonchev–Trinajstić information content (AvgIpc) is 3.54. The lowest BCUT2D eigenvalue weighted by Crippen LogP contribution is -2.38. The van der Waals surface area contributed by atoms with Crippen molar-refractivity contribution in [1.82, 2.24) is 19.2 Å². The number of aromatic nitrogens is 3. The third-order valence-corrected chi connectivity index (χ3v) is 8.12. The number of thioether (sulfide) groups is 1. The van der Waals surface area contributed by atoms with Crippen LogP contribution in [0.4, 0.5) is 16.2 Å². The van der Waals surface area contributed by atoms with Crippen LogP contribution in [0, 0.1) is 6.92 Å². The van der Waals surface area contributed by atoms with Crippen molar-refractivity contribution in [1.29, 1.82) is 0 Å². The van der Waals surface area contributed by atoms with E-state index in [2.05, 4.69) is 63.4 Å². The Kier molecular flexibility index (Phi) is 6.86. The molecule has 6 rings (SSSR count). The highest BCUT2D eigenvalue weighted by Crippen LogP contribution is 2.39. The SMILES string of the molecule is CSc1cccc(NC(=O)N2Cc3c(C)nn(-c4ccccc4)c3-n3cccc3[C@@H]2c2ccc(N(C)C)cc2)c1. The molecule has 8 heteroatoms. The second-order valence-corrected chi connectivity index (χ2v) is 11.0. The molecule has 0 fully saturated rings. The van der Waals surface area contributed by atoms with Gasteiger partial charge in [0.15, 0.2) is 0 Å². The van der Waals surface area contributed by atoms with Crippen LogP contribution < -0.4 is 10.2 Å². The zero-order valence-electron chi connectivity index (χ0n) is 23.1. The standard InChI is InChI=1S/C32H32N6OS/c1-22-28-21-37(32(39)33-24-10-8-13-27(20-24)40-4)30(23-15-17-25(18-16-23)35(2)3)29-14-9-19-36(29)31(28)38(34-22)26-11-6-5-7-12-26/h5-20,30H,21H2,1-4H3,(H,33,39)/t30-/m0/s1. The van der Waals surface area contributed by atoms with E-state index >= 15 is 0 Å². The number of fused-ring (bicyclic) bond motifs is 3. The molecule has 2 amide bonds. The van der Waals surface area contributed by atoms with Crippen LogP contribution in [0.2, 0.25) is 0 Å². The molecule has 0 saturated carbocycles. The lowest BCUT2D eigenvalue weighted by molar-refractivity contribution is 0.194. The fourth-order valence-corrected chi connectivity index (χ4v) is 5.81. The molecule has 7 nitrogen and oxygen atoms in total. The van der Waals surface area contributed by atoms with Gasteiger partial charge in [0, 0.05) is 42.1 Å². The summed E-state index contributed by atoms with van der Waals surface area (Å²) in [6.07, 6.45) is 4.10. The van der Waals surface area contributed by atoms with Crippen LogP contribution in [-0.4, -0.2) is 45.6 Å². The van der Waals surface area contributed by atoms with E-state index < -0.39 is 0 Å². The van der Waals surface area contributed by atoms with Crippen molar-refractivity contribution in [3.05, 3.63) is 120 Å². The van der Waals surface area contributed by atoms with Gasteiger partial charge in [0.05, 0.1) is 29.7 Å². The predicted octanol–water partition coefficient (Wildman–Crippen LogP) is 6.90. The normalized spacial score (nSPS) is 14.3. The maximum Gasteiger partial charge on any atom is 0.322 e. The molecule has 2 aromatic heterocycles. The van der Waals surface area contributed by atoms with Gasteiger partial charge in [0.2, 0.25) is 0 Å². The van der Waals surface area contributed by atoms with Crippen LogP contribution in [0.5, 0.6) is 0 Å². The molecule has 0 aliphatic carbocycles. The topological polar surface area (TPSA) is 58.3 Å². The first-order valence-corrected chi connectivity index (χ1v) is 14.5. The number of anilines is 2. The number of benzene rings is 3. The molecule has 3 aromatic carbocycles. The molecule has 40 heavy (non-hydrogen) atoms. The predicted molar refractivity (Wildman–Crippen MR) is 163 cm³/mol. The molecule has 0 spiro atoms. The molecule has 0 unspecified atom stereocenters. The van der Waals surface area contributed by atoms with Gasteiger partial charge in [-0.3, -0.25) is 0 Å². The quantitative estimate of drug-likeness (QED) is 0.243. The first-order valence-electron chi connectivity index (χ1n) is 13.2. The number of aryl methyl sites for hydroxylation is 1. The second-order valence-electron chi connectivity index (χ2n) is 10.1. The van der Waals surface area contributed by atoms with Gasteiger partial charge in [-0.1, -0.05) is 36.4 Å². The third-order valence-electron chi connectivity index (χ3n) is 7.39. The summed E-state index contributed by atoms with van der Waals surface area (Å²) < 4.78 is 4.18. The molecule has 0 saturated heterocycles. The van der Waals surface area contributed by atoms with E-state index in [-0.39, 0.29) is 12.1 Å². The molecule has 1 N–H and O–H groups in total. The highest BCUT2D eigenvalue weighted by atomic mass is 32.2. The Labute approximate surface area is 239 Å². The number of nitrogens with zero attached hydrogens (tertiary/aromatic N) is 5. The van der Waals surface area contributed by atoms with E-state index in [9.17, 15) is 4.79 Å². The first-order chi connectivity index (χ1) is 19.4. The van der Waals surface area contributed by atoms with E-state index in [4.69, 9.17) is 5.10 Å². The molecule has 0 bridgehead atoms.